The first-order valence-corrected chi connectivity index (χ1v) is 20.2. The van der Waals surface area contributed by atoms with E-state index in [1.165, 1.54) is 0 Å². The molecule has 0 aliphatic heterocycles. The lowest BCUT2D eigenvalue weighted by Crippen LogP contribution is -2.32. The minimum absolute atomic E-state index is 0.149. The molecule has 0 heterocycles. The van der Waals surface area contributed by atoms with Crippen molar-refractivity contribution in [2.45, 2.75) is 191 Å². The van der Waals surface area contributed by atoms with Crippen LogP contribution in [0.4, 0.5) is 0 Å². The summed E-state index contributed by atoms with van der Waals surface area (Å²) in [7, 11) is 10.1. The van der Waals surface area contributed by atoms with Gasteiger partial charge in [0.25, 0.3) is 0 Å². The SMILES string of the molecule is COC(C)(C)COC(C)C.COC(C)COC(C)C.COCC(C)(C)OC(C)C.COCC(C)OC(C)C.COCCCOC(C)C.COCCOC(C)C. The Morgan fingerprint density at radius 1 is 0.382 bits per heavy atom. The number of rotatable bonds is 25. The molecule has 0 spiro atoms. The van der Waals surface area contributed by atoms with Gasteiger partial charge in [-0.15, -0.1) is 0 Å². The Bertz CT molecular complexity index is 687. The van der Waals surface area contributed by atoms with Crippen LogP contribution < -0.4 is 0 Å². The van der Waals surface area contributed by atoms with Gasteiger partial charge in [-0.1, -0.05) is 0 Å². The Balaban J connectivity index is -0.000000131. The molecular weight excluding hydrogens is 708 g/mol. The average Bonchev–Trinajstić information content (AvgIpc) is 3.05. The number of ether oxygens (including phenoxy) is 12. The van der Waals surface area contributed by atoms with Crippen molar-refractivity contribution in [3.05, 3.63) is 0 Å². The molecule has 0 aliphatic carbocycles. The van der Waals surface area contributed by atoms with Crippen molar-refractivity contribution in [3.8, 4) is 0 Å². The third-order valence-electron chi connectivity index (χ3n) is 6.02. The summed E-state index contributed by atoms with van der Waals surface area (Å²) in [6.45, 7) is 42.0. The van der Waals surface area contributed by atoms with E-state index in [2.05, 4.69) is 0 Å². The van der Waals surface area contributed by atoms with Gasteiger partial charge in [0, 0.05) is 55.9 Å². The van der Waals surface area contributed by atoms with E-state index < -0.39 is 0 Å². The summed E-state index contributed by atoms with van der Waals surface area (Å²) in [5.41, 5.74) is -0.298. The van der Waals surface area contributed by atoms with Gasteiger partial charge in [0.1, 0.15) is 0 Å². The average molecular weight is 807 g/mol. The smallest absolute Gasteiger partial charge is 0.0862 e. The van der Waals surface area contributed by atoms with Gasteiger partial charge < -0.3 is 56.8 Å². The molecule has 0 fully saturated rings. The molecular formula is C43H98O12. The fourth-order valence-corrected chi connectivity index (χ4v) is 3.47. The summed E-state index contributed by atoms with van der Waals surface area (Å²) in [5.74, 6) is 0. The molecule has 2 atom stereocenters. The predicted octanol–water partition coefficient (Wildman–Crippen LogP) is 9.07. The van der Waals surface area contributed by atoms with E-state index in [9.17, 15) is 0 Å². The molecule has 0 bridgehead atoms. The van der Waals surface area contributed by atoms with Crippen LogP contribution in [0.3, 0.4) is 0 Å². The molecule has 0 amide bonds. The molecule has 55 heavy (non-hydrogen) atoms. The van der Waals surface area contributed by atoms with Crippen molar-refractivity contribution in [2.24, 2.45) is 0 Å². The molecule has 12 nitrogen and oxygen atoms in total. The van der Waals surface area contributed by atoms with Gasteiger partial charge in [0.15, 0.2) is 0 Å². The van der Waals surface area contributed by atoms with Crippen LogP contribution in [0, 0.1) is 0 Å². The van der Waals surface area contributed by atoms with E-state index in [1.807, 2.05) is 125 Å². The van der Waals surface area contributed by atoms with Crippen molar-refractivity contribution < 1.29 is 56.8 Å². The minimum Gasteiger partial charge on any atom is -0.385 e. The van der Waals surface area contributed by atoms with Gasteiger partial charge in [0.05, 0.1) is 99.7 Å². The van der Waals surface area contributed by atoms with Crippen LogP contribution in [-0.4, -0.2) is 156 Å². The van der Waals surface area contributed by atoms with Crippen LogP contribution in [0.2, 0.25) is 0 Å². The van der Waals surface area contributed by atoms with E-state index in [4.69, 9.17) is 56.8 Å². The summed E-state index contributed by atoms with van der Waals surface area (Å²) < 4.78 is 61.6. The first-order valence-electron chi connectivity index (χ1n) is 20.2. The molecule has 0 rings (SSSR count). The van der Waals surface area contributed by atoms with Gasteiger partial charge in [-0.3, -0.25) is 0 Å². The Labute approximate surface area is 342 Å². The zero-order valence-corrected chi connectivity index (χ0v) is 40.9. The predicted molar refractivity (Wildman–Crippen MR) is 230 cm³/mol. The quantitative estimate of drug-likeness (QED) is 0.0821. The van der Waals surface area contributed by atoms with Crippen LogP contribution in [0.15, 0.2) is 0 Å². The number of methoxy groups -OCH3 is 6. The molecule has 0 aliphatic rings. The highest BCUT2D eigenvalue weighted by molar-refractivity contribution is 4.68. The van der Waals surface area contributed by atoms with E-state index >= 15 is 0 Å². The molecule has 0 radical (unpaired) electrons. The molecule has 2 unspecified atom stereocenters. The van der Waals surface area contributed by atoms with Gasteiger partial charge >= 0.3 is 0 Å². The van der Waals surface area contributed by atoms with Gasteiger partial charge in [-0.2, -0.15) is 0 Å². The fraction of sp³-hybridized carbons (Fsp3) is 1.00. The van der Waals surface area contributed by atoms with Gasteiger partial charge in [-0.05, 0) is 131 Å². The van der Waals surface area contributed by atoms with E-state index in [-0.39, 0.29) is 35.6 Å². The summed E-state index contributed by atoms with van der Waals surface area (Å²) in [6, 6.07) is 0. The Kier molecular flexibility index (Phi) is 55.7. The van der Waals surface area contributed by atoms with Crippen molar-refractivity contribution in [1.29, 1.82) is 0 Å². The fourth-order valence-electron chi connectivity index (χ4n) is 3.47. The molecule has 342 valence electrons. The summed E-state index contributed by atoms with van der Waals surface area (Å²) in [5, 5.41) is 0. The van der Waals surface area contributed by atoms with Crippen molar-refractivity contribution in [1.82, 2.24) is 0 Å². The number of hydrogen-bond acceptors (Lipinski definition) is 12. The summed E-state index contributed by atoms with van der Waals surface area (Å²) >= 11 is 0. The molecule has 0 saturated carbocycles. The molecule has 12 heteroatoms. The maximum absolute atomic E-state index is 5.55. The monoisotopic (exact) mass is 807 g/mol. The van der Waals surface area contributed by atoms with Crippen LogP contribution in [-0.2, 0) is 56.8 Å². The van der Waals surface area contributed by atoms with Crippen LogP contribution in [0.1, 0.15) is 131 Å². The minimum atomic E-state index is -0.150. The lowest BCUT2D eigenvalue weighted by Gasteiger charge is -2.26. The molecule has 0 saturated heterocycles. The third-order valence-corrected chi connectivity index (χ3v) is 6.02. The third kappa shape index (κ3) is 78.6. The van der Waals surface area contributed by atoms with E-state index in [0.29, 0.717) is 64.1 Å². The molecule has 0 aromatic carbocycles. The Hall–Kier alpha value is -0.480. The van der Waals surface area contributed by atoms with Crippen LogP contribution in [0.5, 0.6) is 0 Å². The van der Waals surface area contributed by atoms with Crippen molar-refractivity contribution >= 4 is 0 Å². The lowest BCUT2D eigenvalue weighted by atomic mass is 10.1. The Morgan fingerprint density at radius 2 is 0.855 bits per heavy atom. The Morgan fingerprint density at radius 3 is 1.20 bits per heavy atom. The zero-order valence-electron chi connectivity index (χ0n) is 40.9. The van der Waals surface area contributed by atoms with Crippen molar-refractivity contribution in [2.75, 3.05) is 95.5 Å². The largest absolute Gasteiger partial charge is 0.385 e. The second-order valence-corrected chi connectivity index (χ2v) is 15.7. The first-order chi connectivity index (χ1) is 25.3. The lowest BCUT2D eigenvalue weighted by molar-refractivity contribution is -0.0927. The standard InChI is InChI=1S/2C8H18O2.3C7H16O2.C6H14O2/c1-7(2)10-6-8(3,4)9-5;1-7(2)10-8(3,4)6-9-5;1-6(2)9-5-7(3)8-4;1-6(2)9-7(3)5-8-4;1-7(2)9-6-4-5-8-3;1-6(2)8-5-4-7-3/h2*7H,6H2,1-5H3;2*6-7H,5H2,1-4H3;7H,4-6H2,1-3H3;6H,4-5H2,1-3H3. The zero-order chi connectivity index (χ0) is 44.5. The highest BCUT2D eigenvalue weighted by Gasteiger charge is 2.19. The normalized spacial score (nSPS) is 12.5. The van der Waals surface area contributed by atoms with Gasteiger partial charge in [-0.25, -0.2) is 0 Å². The second-order valence-electron chi connectivity index (χ2n) is 15.7. The molecule has 0 N–H and O–H groups in total. The summed E-state index contributed by atoms with van der Waals surface area (Å²) in [4.78, 5) is 0. The second kappa shape index (κ2) is 46.2. The maximum atomic E-state index is 5.55. The van der Waals surface area contributed by atoms with E-state index in [1.54, 1.807) is 42.7 Å². The maximum Gasteiger partial charge on any atom is 0.0862 e. The number of hydrogen-bond donors (Lipinski definition) is 0. The molecule has 0 aromatic rings. The topological polar surface area (TPSA) is 111 Å². The highest BCUT2D eigenvalue weighted by atomic mass is 16.6. The summed E-state index contributed by atoms with van der Waals surface area (Å²) in [6.07, 6.45) is 3.26. The first kappa shape index (κ1) is 66.3. The van der Waals surface area contributed by atoms with Crippen molar-refractivity contribution in [3.63, 3.8) is 0 Å². The highest BCUT2D eigenvalue weighted by Crippen LogP contribution is 2.11. The van der Waals surface area contributed by atoms with E-state index in [0.717, 1.165) is 19.6 Å². The van der Waals surface area contributed by atoms with Gasteiger partial charge in [0.2, 0.25) is 0 Å². The van der Waals surface area contributed by atoms with Crippen LogP contribution >= 0.6 is 0 Å². The van der Waals surface area contributed by atoms with Crippen LogP contribution in [0.25, 0.3) is 0 Å². The molecule has 0 aromatic heterocycles.